The second-order valence-electron chi connectivity index (χ2n) is 5.06. The summed E-state index contributed by atoms with van der Waals surface area (Å²) in [7, 11) is 0. The fraction of sp³-hybridized carbons (Fsp3) is 0.250. The number of carbonyl (C=O) groups excluding carboxylic acids is 1. The fourth-order valence-electron chi connectivity index (χ4n) is 2.32. The van der Waals surface area contributed by atoms with Crippen LogP contribution in [-0.4, -0.2) is 42.1 Å². The minimum absolute atomic E-state index is 0.216. The lowest BCUT2D eigenvalue weighted by Crippen LogP contribution is -2.41. The molecule has 0 saturated carbocycles. The number of anilines is 2. The molecular weight excluding hydrogens is 304 g/mol. The minimum Gasteiger partial charge on any atom is -0.378 e. The molecule has 120 valence electrons. The quantitative estimate of drug-likeness (QED) is 0.945. The number of rotatable bonds is 3. The Bertz CT molecular complexity index is 698. The molecule has 1 aliphatic rings. The predicted octanol–water partition coefficient (Wildman–Crippen LogP) is 2.58. The van der Waals surface area contributed by atoms with Crippen LogP contribution in [0.5, 0.6) is 0 Å². The van der Waals surface area contributed by atoms with E-state index < -0.39 is 11.6 Å². The molecule has 3 rings (SSSR count). The maximum absolute atomic E-state index is 13.7. The topological polar surface area (TPSA) is 54.5 Å². The smallest absolute Gasteiger partial charge is 0.272 e. The molecule has 0 radical (unpaired) electrons. The summed E-state index contributed by atoms with van der Waals surface area (Å²) in [4.78, 5) is 18.0. The highest BCUT2D eigenvalue weighted by Gasteiger charge is 2.20. The summed E-state index contributed by atoms with van der Waals surface area (Å²) in [6.07, 6.45) is 1.43. The van der Waals surface area contributed by atoms with Gasteiger partial charge in [-0.25, -0.2) is 8.78 Å². The van der Waals surface area contributed by atoms with Crippen molar-refractivity contribution in [3.63, 3.8) is 0 Å². The van der Waals surface area contributed by atoms with Crippen LogP contribution in [0.4, 0.5) is 20.2 Å². The van der Waals surface area contributed by atoms with E-state index in [0.717, 1.165) is 12.1 Å². The van der Waals surface area contributed by atoms with Gasteiger partial charge in [-0.3, -0.25) is 9.78 Å². The van der Waals surface area contributed by atoms with Gasteiger partial charge in [0.1, 0.15) is 23.0 Å². The average Bonchev–Trinajstić information content (AvgIpc) is 2.59. The van der Waals surface area contributed by atoms with Crippen LogP contribution in [0.2, 0.25) is 0 Å². The van der Waals surface area contributed by atoms with Crippen LogP contribution in [0.25, 0.3) is 0 Å². The number of nitrogens with one attached hydrogen (secondary N) is 1. The van der Waals surface area contributed by atoms with Gasteiger partial charge in [-0.1, -0.05) is 6.07 Å². The number of hydrogen-bond acceptors (Lipinski definition) is 4. The summed E-state index contributed by atoms with van der Waals surface area (Å²) in [5.74, 6) is -1.64. The van der Waals surface area contributed by atoms with Crippen LogP contribution < -0.4 is 5.32 Å². The standard InChI is InChI=1S/C16H15F2N3O2/c17-12-2-1-3-13(18)15(12)20-11-4-5-19-14(10-11)16(22)21-6-8-23-9-7-21/h1-5,10H,6-9H2,(H,19,20). The third-order valence-electron chi connectivity index (χ3n) is 3.51. The van der Waals surface area contributed by atoms with Crippen LogP contribution in [-0.2, 0) is 4.74 Å². The number of ether oxygens (including phenoxy) is 1. The van der Waals surface area contributed by atoms with Crippen molar-refractivity contribution in [2.24, 2.45) is 0 Å². The molecule has 0 aliphatic carbocycles. The summed E-state index contributed by atoms with van der Waals surface area (Å²) >= 11 is 0. The maximum atomic E-state index is 13.7. The first-order chi connectivity index (χ1) is 11.1. The summed E-state index contributed by atoms with van der Waals surface area (Å²) in [5.41, 5.74) is 0.345. The number of aromatic nitrogens is 1. The Morgan fingerprint density at radius 3 is 2.57 bits per heavy atom. The van der Waals surface area contributed by atoms with Crippen molar-refractivity contribution in [1.82, 2.24) is 9.88 Å². The number of amides is 1. The van der Waals surface area contributed by atoms with Crippen molar-refractivity contribution in [3.05, 3.63) is 53.9 Å². The lowest BCUT2D eigenvalue weighted by atomic mass is 10.2. The van der Waals surface area contributed by atoms with E-state index >= 15 is 0 Å². The SMILES string of the molecule is O=C(c1cc(Nc2c(F)cccc2F)ccn1)N1CCOCC1. The molecule has 2 aromatic rings. The highest BCUT2D eigenvalue weighted by atomic mass is 19.1. The number of nitrogens with zero attached hydrogens (tertiary/aromatic N) is 2. The largest absolute Gasteiger partial charge is 0.378 e. The molecule has 0 unspecified atom stereocenters. The van der Waals surface area contributed by atoms with Gasteiger partial charge in [0.15, 0.2) is 0 Å². The molecule has 1 saturated heterocycles. The van der Waals surface area contributed by atoms with Crippen molar-refractivity contribution in [3.8, 4) is 0 Å². The van der Waals surface area contributed by atoms with Gasteiger partial charge >= 0.3 is 0 Å². The Balaban J connectivity index is 1.81. The van der Waals surface area contributed by atoms with Gasteiger partial charge in [0.05, 0.1) is 13.2 Å². The summed E-state index contributed by atoms with van der Waals surface area (Å²) in [6.45, 7) is 1.98. The van der Waals surface area contributed by atoms with Crippen LogP contribution in [0, 0.1) is 11.6 Å². The van der Waals surface area contributed by atoms with Crippen molar-refractivity contribution in [1.29, 1.82) is 0 Å². The number of para-hydroxylation sites is 1. The van der Waals surface area contributed by atoms with Gasteiger partial charge in [-0.2, -0.15) is 0 Å². The van der Waals surface area contributed by atoms with Crippen molar-refractivity contribution in [2.45, 2.75) is 0 Å². The Morgan fingerprint density at radius 2 is 1.87 bits per heavy atom. The van der Waals surface area contributed by atoms with E-state index in [1.54, 1.807) is 11.0 Å². The van der Waals surface area contributed by atoms with Crippen LogP contribution >= 0.6 is 0 Å². The molecule has 5 nitrogen and oxygen atoms in total. The van der Waals surface area contributed by atoms with Gasteiger partial charge in [-0.05, 0) is 24.3 Å². The van der Waals surface area contributed by atoms with Crippen molar-refractivity contribution < 1.29 is 18.3 Å². The molecule has 23 heavy (non-hydrogen) atoms. The predicted molar refractivity (Wildman–Crippen MR) is 80.6 cm³/mol. The number of pyridine rings is 1. The molecule has 0 spiro atoms. The molecule has 1 aliphatic heterocycles. The third kappa shape index (κ3) is 3.45. The molecule has 1 aromatic heterocycles. The Morgan fingerprint density at radius 1 is 1.17 bits per heavy atom. The van der Waals surface area contributed by atoms with Gasteiger partial charge in [0.2, 0.25) is 0 Å². The average molecular weight is 319 g/mol. The molecule has 2 heterocycles. The lowest BCUT2D eigenvalue weighted by Gasteiger charge is -2.26. The molecular formula is C16H15F2N3O2. The van der Waals surface area contributed by atoms with Gasteiger partial charge in [0, 0.05) is 25.0 Å². The number of carbonyl (C=O) groups is 1. The number of benzene rings is 1. The first-order valence-electron chi connectivity index (χ1n) is 7.19. The van der Waals surface area contributed by atoms with Gasteiger partial charge in [-0.15, -0.1) is 0 Å². The molecule has 1 fully saturated rings. The van der Waals surface area contributed by atoms with E-state index in [2.05, 4.69) is 10.3 Å². The van der Waals surface area contributed by atoms with Crippen molar-refractivity contribution >= 4 is 17.3 Å². The third-order valence-corrected chi connectivity index (χ3v) is 3.51. The van der Waals surface area contributed by atoms with Gasteiger partial charge < -0.3 is 15.0 Å². The Hall–Kier alpha value is -2.54. The summed E-state index contributed by atoms with van der Waals surface area (Å²) in [5, 5.41) is 2.65. The van der Waals surface area contributed by atoms with E-state index in [9.17, 15) is 13.6 Å². The number of morpholine rings is 1. The second-order valence-corrected chi connectivity index (χ2v) is 5.06. The molecule has 0 bridgehead atoms. The van der Waals surface area contributed by atoms with E-state index in [4.69, 9.17) is 4.74 Å². The Labute approximate surface area is 131 Å². The van der Waals surface area contributed by atoms with E-state index in [0.29, 0.717) is 32.0 Å². The first kappa shape index (κ1) is 15.4. The number of halogens is 2. The highest BCUT2D eigenvalue weighted by Crippen LogP contribution is 2.23. The lowest BCUT2D eigenvalue weighted by molar-refractivity contribution is 0.0299. The maximum Gasteiger partial charge on any atom is 0.272 e. The monoisotopic (exact) mass is 319 g/mol. The van der Waals surface area contributed by atoms with Crippen LogP contribution in [0.15, 0.2) is 36.5 Å². The van der Waals surface area contributed by atoms with Crippen LogP contribution in [0.1, 0.15) is 10.5 Å². The zero-order chi connectivity index (χ0) is 16.2. The molecule has 7 heteroatoms. The number of hydrogen-bond donors (Lipinski definition) is 1. The molecule has 0 atom stereocenters. The zero-order valence-electron chi connectivity index (χ0n) is 12.3. The normalized spacial score (nSPS) is 14.6. The molecule has 1 N–H and O–H groups in total. The zero-order valence-corrected chi connectivity index (χ0v) is 12.3. The van der Waals surface area contributed by atoms with E-state index in [1.807, 2.05) is 0 Å². The summed E-state index contributed by atoms with van der Waals surface area (Å²) < 4.78 is 32.6. The fourth-order valence-corrected chi connectivity index (χ4v) is 2.32. The first-order valence-corrected chi connectivity index (χ1v) is 7.19. The molecule has 1 amide bonds. The molecule has 1 aromatic carbocycles. The summed E-state index contributed by atoms with van der Waals surface area (Å²) in [6, 6.07) is 6.63. The highest BCUT2D eigenvalue weighted by molar-refractivity contribution is 5.93. The second kappa shape index (κ2) is 6.70. The van der Waals surface area contributed by atoms with Crippen molar-refractivity contribution in [2.75, 3.05) is 31.6 Å². The minimum atomic E-state index is -0.706. The van der Waals surface area contributed by atoms with E-state index in [-0.39, 0.29) is 17.3 Å². The Kier molecular flexibility index (Phi) is 4.47. The van der Waals surface area contributed by atoms with E-state index in [1.165, 1.54) is 18.3 Å². The van der Waals surface area contributed by atoms with Gasteiger partial charge in [0.25, 0.3) is 5.91 Å². The van der Waals surface area contributed by atoms with Crippen LogP contribution in [0.3, 0.4) is 0 Å².